The van der Waals surface area contributed by atoms with E-state index >= 15 is 0 Å². The number of anilines is 1. The van der Waals surface area contributed by atoms with Gasteiger partial charge in [-0.2, -0.15) is 0 Å². The number of amides is 1. The van der Waals surface area contributed by atoms with E-state index in [0.717, 1.165) is 11.3 Å². The van der Waals surface area contributed by atoms with Crippen molar-refractivity contribution in [2.24, 2.45) is 10.7 Å². The third-order valence-corrected chi connectivity index (χ3v) is 3.70. The summed E-state index contributed by atoms with van der Waals surface area (Å²) >= 11 is 0. The lowest BCUT2D eigenvalue weighted by atomic mass is 9.88. The summed E-state index contributed by atoms with van der Waals surface area (Å²) in [5.41, 5.74) is 14.9. The number of aliphatic imine (C=N–C) groups is 1. The Balaban J connectivity index is 2.21. The molecule has 0 unspecified atom stereocenters. The van der Waals surface area contributed by atoms with Gasteiger partial charge in [0, 0.05) is 16.8 Å². The molecule has 0 spiro atoms. The van der Waals surface area contributed by atoms with E-state index in [-0.39, 0.29) is 11.4 Å². The third kappa shape index (κ3) is 2.64. The summed E-state index contributed by atoms with van der Waals surface area (Å²) in [7, 11) is 0. The lowest BCUT2D eigenvalue weighted by Gasteiger charge is -2.16. The molecule has 0 bridgehead atoms. The monoisotopic (exact) mass is 305 g/mol. The second-order valence-electron chi connectivity index (χ2n) is 5.34. The molecule has 0 fully saturated rings. The van der Waals surface area contributed by atoms with Crippen LogP contribution in [0, 0.1) is 6.92 Å². The molecule has 3 rings (SSSR count). The van der Waals surface area contributed by atoms with E-state index in [1.54, 1.807) is 30.3 Å². The standard InChI is InChI=1S/C18H15N3O2/c1-10-8-11(19)6-7-15(10)21-16-9-14(18(20)23)17(22)13-5-3-2-4-12(13)16/h2-9H,19H2,1H3,(H2,20,23)/b21-16+. The van der Waals surface area contributed by atoms with Gasteiger partial charge in [0.05, 0.1) is 17.0 Å². The van der Waals surface area contributed by atoms with Crippen LogP contribution in [0.25, 0.3) is 0 Å². The zero-order chi connectivity index (χ0) is 16.6. The minimum atomic E-state index is -0.758. The van der Waals surface area contributed by atoms with Gasteiger partial charge in [0.2, 0.25) is 0 Å². The topological polar surface area (TPSA) is 98.5 Å². The molecule has 0 radical (unpaired) electrons. The van der Waals surface area contributed by atoms with Gasteiger partial charge in [-0.25, -0.2) is 4.99 Å². The molecular formula is C18H15N3O2. The predicted octanol–water partition coefficient (Wildman–Crippen LogP) is 2.31. The first-order valence-electron chi connectivity index (χ1n) is 7.08. The molecule has 1 aliphatic rings. The molecule has 114 valence electrons. The molecule has 4 N–H and O–H groups in total. The van der Waals surface area contributed by atoms with E-state index in [1.807, 2.05) is 19.1 Å². The summed E-state index contributed by atoms with van der Waals surface area (Å²) in [6.07, 6.45) is 1.45. The number of carbonyl (C=O) groups excluding carboxylic acids is 2. The number of carbonyl (C=O) groups is 2. The molecule has 0 aliphatic heterocycles. The van der Waals surface area contributed by atoms with Gasteiger partial charge in [-0.05, 0) is 36.8 Å². The Bertz CT molecular complexity index is 895. The first-order valence-corrected chi connectivity index (χ1v) is 7.08. The van der Waals surface area contributed by atoms with Gasteiger partial charge in [-0.15, -0.1) is 0 Å². The molecule has 5 nitrogen and oxygen atoms in total. The van der Waals surface area contributed by atoms with Crippen molar-refractivity contribution in [2.75, 3.05) is 5.73 Å². The SMILES string of the molecule is Cc1cc(N)ccc1/N=C1\C=C(C(N)=O)C(=O)c2ccccc21. The van der Waals surface area contributed by atoms with Crippen LogP contribution in [-0.2, 0) is 4.79 Å². The van der Waals surface area contributed by atoms with E-state index < -0.39 is 5.91 Å². The number of fused-ring (bicyclic) bond motifs is 1. The average molecular weight is 305 g/mol. The smallest absolute Gasteiger partial charge is 0.252 e. The van der Waals surface area contributed by atoms with Crippen LogP contribution in [0.15, 0.2) is 59.1 Å². The van der Waals surface area contributed by atoms with Crippen molar-refractivity contribution in [2.45, 2.75) is 6.92 Å². The normalized spacial score (nSPS) is 15.3. The number of nitrogen functional groups attached to an aromatic ring is 1. The van der Waals surface area contributed by atoms with Gasteiger partial charge in [0.15, 0.2) is 5.78 Å². The number of hydrogen-bond acceptors (Lipinski definition) is 4. The summed E-state index contributed by atoms with van der Waals surface area (Å²) in [6, 6.07) is 12.4. The minimum absolute atomic E-state index is 0.0597. The highest BCUT2D eigenvalue weighted by Crippen LogP contribution is 2.26. The fourth-order valence-electron chi connectivity index (χ4n) is 2.54. The quantitative estimate of drug-likeness (QED) is 0.658. The molecule has 0 saturated carbocycles. The van der Waals surface area contributed by atoms with Crippen molar-refractivity contribution in [3.8, 4) is 0 Å². The van der Waals surface area contributed by atoms with E-state index in [9.17, 15) is 9.59 Å². The average Bonchev–Trinajstić information content (AvgIpc) is 2.52. The number of nitrogens with zero attached hydrogens (tertiary/aromatic N) is 1. The number of aryl methyl sites for hydroxylation is 1. The Kier molecular flexibility index (Phi) is 3.54. The van der Waals surface area contributed by atoms with E-state index in [1.165, 1.54) is 6.08 Å². The highest BCUT2D eigenvalue weighted by molar-refractivity contribution is 6.35. The molecule has 5 heteroatoms. The fourth-order valence-corrected chi connectivity index (χ4v) is 2.54. The van der Waals surface area contributed by atoms with Gasteiger partial charge in [0.25, 0.3) is 5.91 Å². The van der Waals surface area contributed by atoms with Crippen molar-refractivity contribution in [3.63, 3.8) is 0 Å². The van der Waals surface area contributed by atoms with Crippen LogP contribution < -0.4 is 11.5 Å². The Morgan fingerprint density at radius 2 is 1.78 bits per heavy atom. The van der Waals surface area contributed by atoms with Gasteiger partial charge in [0.1, 0.15) is 0 Å². The number of hydrogen-bond donors (Lipinski definition) is 2. The van der Waals surface area contributed by atoms with Crippen molar-refractivity contribution < 1.29 is 9.59 Å². The molecular weight excluding hydrogens is 290 g/mol. The van der Waals surface area contributed by atoms with E-state index in [2.05, 4.69) is 4.99 Å². The molecule has 0 aromatic heterocycles. The summed E-state index contributed by atoms with van der Waals surface area (Å²) in [4.78, 5) is 28.5. The van der Waals surface area contributed by atoms with Crippen LogP contribution >= 0.6 is 0 Å². The zero-order valence-corrected chi connectivity index (χ0v) is 12.5. The van der Waals surface area contributed by atoms with Crippen LogP contribution in [0.2, 0.25) is 0 Å². The second kappa shape index (κ2) is 5.53. The Morgan fingerprint density at radius 3 is 2.43 bits per heavy atom. The van der Waals surface area contributed by atoms with Crippen LogP contribution in [0.5, 0.6) is 0 Å². The Morgan fingerprint density at radius 1 is 1.09 bits per heavy atom. The van der Waals surface area contributed by atoms with Gasteiger partial charge in [-0.3, -0.25) is 9.59 Å². The molecule has 0 atom stereocenters. The van der Waals surface area contributed by atoms with Crippen molar-refractivity contribution in [1.82, 2.24) is 0 Å². The van der Waals surface area contributed by atoms with E-state index in [4.69, 9.17) is 11.5 Å². The molecule has 1 aliphatic carbocycles. The number of Topliss-reactive ketones (excluding diaryl/α,β-unsaturated/α-hetero) is 1. The van der Waals surface area contributed by atoms with Crippen molar-refractivity contribution >= 4 is 28.8 Å². The van der Waals surface area contributed by atoms with E-state index in [0.29, 0.717) is 22.5 Å². The largest absolute Gasteiger partial charge is 0.399 e. The zero-order valence-electron chi connectivity index (χ0n) is 12.5. The number of nitrogens with two attached hydrogens (primary N) is 2. The Labute approximate surface area is 133 Å². The fraction of sp³-hybridized carbons (Fsp3) is 0.0556. The maximum absolute atomic E-state index is 12.3. The number of primary amides is 1. The number of benzene rings is 2. The molecule has 2 aromatic carbocycles. The lowest BCUT2D eigenvalue weighted by molar-refractivity contribution is -0.114. The summed E-state index contributed by atoms with van der Waals surface area (Å²) in [5, 5.41) is 0. The predicted molar refractivity (Wildman–Crippen MR) is 89.8 cm³/mol. The summed E-state index contributed by atoms with van der Waals surface area (Å²) < 4.78 is 0. The highest BCUT2D eigenvalue weighted by Gasteiger charge is 2.27. The van der Waals surface area contributed by atoms with Crippen LogP contribution in [-0.4, -0.2) is 17.4 Å². The Hall–Kier alpha value is -3.21. The maximum Gasteiger partial charge on any atom is 0.252 e. The molecule has 23 heavy (non-hydrogen) atoms. The minimum Gasteiger partial charge on any atom is -0.399 e. The second-order valence-corrected chi connectivity index (χ2v) is 5.34. The first kappa shape index (κ1) is 14.7. The molecule has 2 aromatic rings. The van der Waals surface area contributed by atoms with Gasteiger partial charge < -0.3 is 11.5 Å². The highest BCUT2D eigenvalue weighted by atomic mass is 16.2. The van der Waals surface area contributed by atoms with Crippen molar-refractivity contribution in [1.29, 1.82) is 0 Å². The number of ketones is 1. The van der Waals surface area contributed by atoms with Crippen molar-refractivity contribution in [3.05, 3.63) is 70.8 Å². The van der Waals surface area contributed by atoms with Crippen LogP contribution in [0.3, 0.4) is 0 Å². The van der Waals surface area contributed by atoms with Crippen LogP contribution in [0.1, 0.15) is 21.5 Å². The summed E-state index contributed by atoms with van der Waals surface area (Å²) in [6.45, 7) is 1.90. The molecule has 0 heterocycles. The first-order chi connectivity index (χ1) is 11.0. The van der Waals surface area contributed by atoms with Gasteiger partial charge >= 0.3 is 0 Å². The lowest BCUT2D eigenvalue weighted by Crippen LogP contribution is -2.26. The third-order valence-electron chi connectivity index (χ3n) is 3.70. The maximum atomic E-state index is 12.3. The summed E-state index contributed by atoms with van der Waals surface area (Å²) in [5.74, 6) is -1.13. The van der Waals surface area contributed by atoms with Gasteiger partial charge in [-0.1, -0.05) is 24.3 Å². The molecule has 0 saturated heterocycles. The molecule has 1 amide bonds. The number of allylic oxidation sites excluding steroid dienone is 1. The number of rotatable bonds is 2. The van der Waals surface area contributed by atoms with Crippen LogP contribution in [0.4, 0.5) is 11.4 Å².